The number of hydrogen-bond acceptors (Lipinski definition) is 4. The van der Waals surface area contributed by atoms with E-state index < -0.39 is 5.91 Å². The van der Waals surface area contributed by atoms with Crippen LogP contribution in [0, 0.1) is 0 Å². The molecule has 0 radical (unpaired) electrons. The summed E-state index contributed by atoms with van der Waals surface area (Å²) in [5, 5.41) is 28.4. The predicted octanol–water partition coefficient (Wildman–Crippen LogP) is 2.37. The fourth-order valence-corrected chi connectivity index (χ4v) is 1.66. The van der Waals surface area contributed by atoms with Gasteiger partial charge in [0.05, 0.1) is 5.56 Å². The van der Waals surface area contributed by atoms with E-state index in [4.69, 9.17) is 0 Å². The Morgan fingerprint density at radius 2 is 1.95 bits per heavy atom. The number of carbonyl (C=O) groups excluding carboxylic acids is 1. The number of amides is 1. The largest absolute Gasteiger partial charge is 0.508 e. The second-order valence-corrected chi connectivity index (χ2v) is 5.57. The van der Waals surface area contributed by atoms with Crippen molar-refractivity contribution in [3.8, 4) is 11.5 Å². The Kier molecular flexibility index (Phi) is 3.40. The number of hydrogen-bond donors (Lipinski definition) is 4. The maximum absolute atomic E-state index is 12.0. The molecular weight excluding hydrogens is 258 g/mol. The van der Waals surface area contributed by atoms with Gasteiger partial charge in [0.25, 0.3) is 5.91 Å². The molecule has 0 spiro atoms. The number of anilines is 1. The molecule has 1 heterocycles. The average Bonchev–Trinajstić information content (AvgIpc) is 2.80. The summed E-state index contributed by atoms with van der Waals surface area (Å²) in [5.41, 5.74) is 0.765. The van der Waals surface area contributed by atoms with Gasteiger partial charge in [-0.15, -0.1) is 0 Å². The van der Waals surface area contributed by atoms with Gasteiger partial charge < -0.3 is 15.5 Å². The van der Waals surface area contributed by atoms with Gasteiger partial charge in [-0.05, 0) is 18.2 Å². The topological polar surface area (TPSA) is 98.2 Å². The zero-order valence-corrected chi connectivity index (χ0v) is 11.6. The van der Waals surface area contributed by atoms with Crippen LogP contribution in [0.15, 0.2) is 24.3 Å². The number of aromatic hydroxyl groups is 2. The number of aromatic nitrogens is 2. The summed E-state index contributed by atoms with van der Waals surface area (Å²) in [7, 11) is 0. The van der Waals surface area contributed by atoms with Gasteiger partial charge in [-0.25, -0.2) is 0 Å². The number of nitrogens with one attached hydrogen (secondary N) is 2. The molecule has 6 nitrogen and oxygen atoms in total. The number of aromatic amines is 1. The lowest BCUT2D eigenvalue weighted by Crippen LogP contribution is -2.12. The van der Waals surface area contributed by atoms with Crippen LogP contribution in [0.1, 0.15) is 36.8 Å². The van der Waals surface area contributed by atoms with Crippen molar-refractivity contribution in [2.75, 3.05) is 5.32 Å². The predicted molar refractivity (Wildman–Crippen MR) is 75.0 cm³/mol. The summed E-state index contributed by atoms with van der Waals surface area (Å²) in [4.78, 5) is 12.0. The molecule has 1 amide bonds. The van der Waals surface area contributed by atoms with Crippen LogP contribution in [0.2, 0.25) is 0 Å². The maximum atomic E-state index is 12.0. The molecule has 1 aromatic carbocycles. The highest BCUT2D eigenvalue weighted by Crippen LogP contribution is 2.25. The van der Waals surface area contributed by atoms with Crippen molar-refractivity contribution in [1.29, 1.82) is 0 Å². The number of benzene rings is 1. The molecule has 106 valence electrons. The van der Waals surface area contributed by atoms with Gasteiger partial charge in [0.1, 0.15) is 11.5 Å². The summed E-state index contributed by atoms with van der Waals surface area (Å²) < 4.78 is 0. The molecule has 0 aliphatic heterocycles. The van der Waals surface area contributed by atoms with Gasteiger partial charge in [0.2, 0.25) is 0 Å². The molecule has 2 rings (SSSR count). The fraction of sp³-hybridized carbons (Fsp3) is 0.286. The summed E-state index contributed by atoms with van der Waals surface area (Å²) in [6.07, 6.45) is 0. The Morgan fingerprint density at radius 3 is 2.55 bits per heavy atom. The molecule has 0 aliphatic carbocycles. The first kappa shape index (κ1) is 13.9. The van der Waals surface area contributed by atoms with Crippen molar-refractivity contribution in [3.05, 3.63) is 35.5 Å². The third-order valence-electron chi connectivity index (χ3n) is 2.85. The van der Waals surface area contributed by atoms with E-state index in [0.29, 0.717) is 5.82 Å². The van der Waals surface area contributed by atoms with Gasteiger partial charge in [-0.3, -0.25) is 9.89 Å². The molecule has 0 fully saturated rings. The molecular formula is C14H17N3O3. The van der Waals surface area contributed by atoms with Gasteiger partial charge in [-0.2, -0.15) is 5.10 Å². The highest BCUT2D eigenvalue weighted by Gasteiger charge is 2.18. The Balaban J connectivity index is 2.20. The Labute approximate surface area is 116 Å². The monoisotopic (exact) mass is 275 g/mol. The highest BCUT2D eigenvalue weighted by atomic mass is 16.3. The van der Waals surface area contributed by atoms with Crippen LogP contribution in [0.5, 0.6) is 11.5 Å². The van der Waals surface area contributed by atoms with E-state index in [1.165, 1.54) is 18.2 Å². The molecule has 1 aromatic heterocycles. The Bertz CT molecular complexity index is 641. The lowest BCUT2D eigenvalue weighted by atomic mass is 9.92. The Morgan fingerprint density at radius 1 is 1.25 bits per heavy atom. The van der Waals surface area contributed by atoms with Gasteiger partial charge in [-0.1, -0.05) is 20.8 Å². The van der Waals surface area contributed by atoms with Crippen LogP contribution in [-0.2, 0) is 5.41 Å². The number of phenolic OH excluding ortho intramolecular Hbond substituents is 2. The average molecular weight is 275 g/mol. The van der Waals surface area contributed by atoms with Crippen molar-refractivity contribution >= 4 is 11.7 Å². The summed E-state index contributed by atoms with van der Waals surface area (Å²) in [6.45, 7) is 6.06. The summed E-state index contributed by atoms with van der Waals surface area (Å²) >= 11 is 0. The zero-order valence-electron chi connectivity index (χ0n) is 11.6. The molecule has 0 unspecified atom stereocenters. The molecule has 0 saturated heterocycles. The highest BCUT2D eigenvalue weighted by molar-refractivity contribution is 6.05. The SMILES string of the molecule is CC(C)(C)c1cc(NC(=O)c2cc(O)ccc2O)n[nH]1. The van der Waals surface area contributed by atoms with Crippen molar-refractivity contribution in [2.24, 2.45) is 0 Å². The van der Waals surface area contributed by atoms with E-state index >= 15 is 0 Å². The van der Waals surface area contributed by atoms with Crippen LogP contribution < -0.4 is 5.32 Å². The minimum Gasteiger partial charge on any atom is -0.508 e. The molecule has 6 heteroatoms. The van der Waals surface area contributed by atoms with E-state index in [0.717, 1.165) is 5.69 Å². The van der Waals surface area contributed by atoms with E-state index in [1.54, 1.807) is 6.07 Å². The molecule has 0 aliphatic rings. The third kappa shape index (κ3) is 2.90. The van der Waals surface area contributed by atoms with Crippen molar-refractivity contribution in [2.45, 2.75) is 26.2 Å². The van der Waals surface area contributed by atoms with Crippen LogP contribution in [0.25, 0.3) is 0 Å². The molecule has 0 bridgehead atoms. The van der Waals surface area contributed by atoms with Crippen molar-refractivity contribution in [1.82, 2.24) is 10.2 Å². The van der Waals surface area contributed by atoms with Gasteiger partial charge in [0, 0.05) is 17.2 Å². The lowest BCUT2D eigenvalue weighted by molar-refractivity contribution is 0.102. The molecule has 0 atom stereocenters. The first-order chi connectivity index (χ1) is 9.27. The van der Waals surface area contributed by atoms with Crippen LogP contribution in [0.3, 0.4) is 0 Å². The van der Waals surface area contributed by atoms with Gasteiger partial charge >= 0.3 is 0 Å². The van der Waals surface area contributed by atoms with Crippen molar-refractivity contribution in [3.63, 3.8) is 0 Å². The maximum Gasteiger partial charge on any atom is 0.260 e. The smallest absolute Gasteiger partial charge is 0.260 e. The zero-order chi connectivity index (χ0) is 14.9. The number of nitrogens with zero attached hydrogens (tertiary/aromatic N) is 1. The first-order valence-corrected chi connectivity index (χ1v) is 6.16. The molecule has 2 aromatic rings. The normalized spacial score (nSPS) is 11.3. The summed E-state index contributed by atoms with van der Waals surface area (Å²) in [5.74, 6) is -0.467. The first-order valence-electron chi connectivity index (χ1n) is 6.16. The Hall–Kier alpha value is -2.50. The van der Waals surface area contributed by atoms with Crippen LogP contribution >= 0.6 is 0 Å². The van der Waals surface area contributed by atoms with Crippen LogP contribution in [-0.4, -0.2) is 26.3 Å². The van der Waals surface area contributed by atoms with Crippen molar-refractivity contribution < 1.29 is 15.0 Å². The third-order valence-corrected chi connectivity index (χ3v) is 2.85. The number of H-pyrrole nitrogens is 1. The number of rotatable bonds is 2. The quantitative estimate of drug-likeness (QED) is 0.632. The van der Waals surface area contributed by atoms with E-state index in [9.17, 15) is 15.0 Å². The summed E-state index contributed by atoms with van der Waals surface area (Å²) in [6, 6.07) is 5.49. The fourth-order valence-electron chi connectivity index (χ4n) is 1.66. The second kappa shape index (κ2) is 4.88. The van der Waals surface area contributed by atoms with Gasteiger partial charge in [0.15, 0.2) is 5.82 Å². The number of carbonyl (C=O) groups is 1. The molecule has 4 N–H and O–H groups in total. The van der Waals surface area contributed by atoms with E-state index in [-0.39, 0.29) is 22.5 Å². The molecule has 20 heavy (non-hydrogen) atoms. The van der Waals surface area contributed by atoms with E-state index in [2.05, 4.69) is 15.5 Å². The minimum absolute atomic E-state index is 0.00897. The second-order valence-electron chi connectivity index (χ2n) is 5.57. The molecule has 0 saturated carbocycles. The van der Waals surface area contributed by atoms with E-state index in [1.807, 2.05) is 20.8 Å². The number of phenols is 2. The standard InChI is InChI=1S/C14H17N3O3/c1-14(2,3)11-7-12(17-16-11)15-13(20)9-6-8(18)4-5-10(9)19/h4-7,18-19H,1-3H3,(H2,15,16,17,20). The van der Waals surface area contributed by atoms with Crippen LogP contribution in [0.4, 0.5) is 5.82 Å². The lowest BCUT2D eigenvalue weighted by Gasteiger charge is -2.14. The minimum atomic E-state index is -0.537.